The minimum atomic E-state index is 0.131. The van der Waals surface area contributed by atoms with Crippen LogP contribution in [0.25, 0.3) is 0 Å². The van der Waals surface area contributed by atoms with Gasteiger partial charge in [0.2, 0.25) is 0 Å². The van der Waals surface area contributed by atoms with Gasteiger partial charge in [-0.2, -0.15) is 0 Å². The Hall–Kier alpha value is -0.750. The Morgan fingerprint density at radius 1 is 0.933 bits per heavy atom. The van der Waals surface area contributed by atoms with E-state index in [1.54, 1.807) is 0 Å². The molecule has 1 aromatic rings. The lowest BCUT2D eigenvalue weighted by atomic mass is 10.2. The highest BCUT2D eigenvalue weighted by atomic mass is 35.5. The molecule has 0 aliphatic rings. The Bertz CT molecular complexity index is 211. The molecule has 0 bridgehead atoms. The van der Waals surface area contributed by atoms with E-state index in [2.05, 4.69) is 33.9 Å². The van der Waals surface area contributed by atoms with Crippen molar-refractivity contribution in [2.45, 2.75) is 33.1 Å². The maximum atomic E-state index is 5.80. The fourth-order valence-electron chi connectivity index (χ4n) is 0.718. The summed E-state index contributed by atoms with van der Waals surface area (Å²) in [5.41, 5.74) is 1.18. The van der Waals surface area contributed by atoms with Gasteiger partial charge >= 0.3 is 0 Å². The van der Waals surface area contributed by atoms with E-state index in [4.69, 9.17) is 11.6 Å². The number of halogens is 1. The molecule has 15 heavy (non-hydrogen) atoms. The second kappa shape index (κ2) is 11.3. The van der Waals surface area contributed by atoms with Gasteiger partial charge in [0.25, 0.3) is 0 Å². The van der Waals surface area contributed by atoms with Crippen molar-refractivity contribution in [2.75, 3.05) is 0 Å². The molecular weight excluding hydrogens is 204 g/mol. The molecule has 0 saturated heterocycles. The molecule has 0 nitrogen and oxygen atoms in total. The number of hydrogen-bond donors (Lipinski definition) is 0. The van der Waals surface area contributed by atoms with Crippen LogP contribution in [-0.2, 0) is 0 Å². The molecule has 0 spiro atoms. The maximum Gasteiger partial charge on any atom is 0.0557 e. The van der Waals surface area contributed by atoms with Gasteiger partial charge in [-0.3, -0.25) is 0 Å². The van der Waals surface area contributed by atoms with Gasteiger partial charge in [-0.05, 0) is 18.4 Å². The molecule has 0 saturated carbocycles. The minimum absolute atomic E-state index is 0.131. The van der Waals surface area contributed by atoms with E-state index in [1.165, 1.54) is 5.56 Å². The number of hydrogen-bond acceptors (Lipinski definition) is 0. The summed E-state index contributed by atoms with van der Waals surface area (Å²) in [6.45, 7) is 14.5. The predicted molar refractivity (Wildman–Crippen MR) is 72.5 cm³/mol. The fraction of sp³-hybridized carbons (Fsp3) is 0.429. The fourth-order valence-corrected chi connectivity index (χ4v) is 0.864. The van der Waals surface area contributed by atoms with Crippen molar-refractivity contribution in [3.63, 3.8) is 0 Å². The highest BCUT2D eigenvalue weighted by Gasteiger charge is 1.95. The van der Waals surface area contributed by atoms with E-state index < -0.39 is 0 Å². The zero-order chi connectivity index (χ0) is 12.3. The van der Waals surface area contributed by atoms with Gasteiger partial charge in [0.05, 0.1) is 5.38 Å². The smallest absolute Gasteiger partial charge is 0.0557 e. The van der Waals surface area contributed by atoms with E-state index in [9.17, 15) is 0 Å². The minimum Gasteiger partial charge on any atom is -0.118 e. The molecule has 1 aromatic carbocycles. The summed E-state index contributed by atoms with van der Waals surface area (Å²) < 4.78 is 0. The van der Waals surface area contributed by atoms with E-state index in [-0.39, 0.29) is 5.38 Å². The molecule has 0 heterocycles. The second-order valence-corrected chi connectivity index (χ2v) is 4.41. The molecule has 1 atom stereocenters. The zero-order valence-electron chi connectivity index (χ0n) is 10.3. The predicted octanol–water partition coefficient (Wildman–Crippen LogP) is 5.45. The summed E-state index contributed by atoms with van der Waals surface area (Å²) in [6.07, 6.45) is 0. The molecule has 0 aliphatic carbocycles. The van der Waals surface area contributed by atoms with E-state index in [0.717, 1.165) is 5.92 Å². The maximum absolute atomic E-state index is 5.80. The summed E-state index contributed by atoms with van der Waals surface area (Å²) >= 11 is 5.80. The van der Waals surface area contributed by atoms with Crippen molar-refractivity contribution in [1.29, 1.82) is 0 Å². The summed E-state index contributed by atoms with van der Waals surface area (Å²) in [6, 6.07) is 10.0. The number of benzene rings is 1. The van der Waals surface area contributed by atoms with Crippen LogP contribution in [-0.4, -0.2) is 0 Å². The van der Waals surface area contributed by atoms with Gasteiger partial charge in [-0.1, -0.05) is 51.1 Å². The standard InChI is InChI=1S/C8H9Cl.C4H10.C2H4/c1-7(9)8-5-3-2-4-6-8;1-4(2)3;1-2/h2-7H,1H3;4H,1-3H3;1-2H2. The van der Waals surface area contributed by atoms with Gasteiger partial charge < -0.3 is 0 Å². The van der Waals surface area contributed by atoms with Crippen molar-refractivity contribution in [3.05, 3.63) is 49.1 Å². The molecule has 1 rings (SSSR count). The van der Waals surface area contributed by atoms with Gasteiger partial charge in [-0.15, -0.1) is 24.8 Å². The van der Waals surface area contributed by atoms with E-state index >= 15 is 0 Å². The largest absolute Gasteiger partial charge is 0.118 e. The average Bonchev–Trinajstić information content (AvgIpc) is 2.21. The monoisotopic (exact) mass is 226 g/mol. The molecule has 0 aromatic heterocycles. The van der Waals surface area contributed by atoms with Crippen molar-refractivity contribution < 1.29 is 0 Å². The molecule has 0 radical (unpaired) electrons. The van der Waals surface area contributed by atoms with Gasteiger partial charge in [-0.25, -0.2) is 0 Å². The summed E-state index contributed by atoms with van der Waals surface area (Å²) in [7, 11) is 0. The Balaban J connectivity index is 0. The van der Waals surface area contributed by atoms with Gasteiger partial charge in [0.15, 0.2) is 0 Å². The van der Waals surface area contributed by atoms with Crippen LogP contribution >= 0.6 is 11.6 Å². The van der Waals surface area contributed by atoms with Crippen LogP contribution in [0.2, 0.25) is 0 Å². The van der Waals surface area contributed by atoms with Crippen LogP contribution in [0.15, 0.2) is 43.5 Å². The first-order valence-corrected chi connectivity index (χ1v) is 5.66. The van der Waals surface area contributed by atoms with Crippen LogP contribution in [0.3, 0.4) is 0 Å². The highest BCUT2D eigenvalue weighted by molar-refractivity contribution is 6.20. The summed E-state index contributed by atoms with van der Waals surface area (Å²) in [5.74, 6) is 0.833. The number of rotatable bonds is 1. The third kappa shape index (κ3) is 13.2. The lowest BCUT2D eigenvalue weighted by Crippen LogP contribution is -1.80. The summed E-state index contributed by atoms with van der Waals surface area (Å²) in [5, 5.41) is 0.131. The molecule has 0 amide bonds. The van der Waals surface area contributed by atoms with E-state index in [1.807, 2.05) is 37.3 Å². The Kier molecular flexibility index (Phi) is 12.6. The van der Waals surface area contributed by atoms with Gasteiger partial charge in [0.1, 0.15) is 0 Å². The third-order valence-corrected chi connectivity index (χ3v) is 1.51. The molecule has 86 valence electrons. The SMILES string of the molecule is C=C.CC(C)C.CC(Cl)c1ccccc1. The van der Waals surface area contributed by atoms with Crippen molar-refractivity contribution >= 4 is 11.6 Å². The molecule has 0 fully saturated rings. The zero-order valence-corrected chi connectivity index (χ0v) is 11.1. The molecule has 0 N–H and O–H groups in total. The number of alkyl halides is 1. The van der Waals surface area contributed by atoms with Crippen LogP contribution < -0.4 is 0 Å². The Morgan fingerprint density at radius 3 is 1.47 bits per heavy atom. The molecule has 0 aliphatic heterocycles. The van der Waals surface area contributed by atoms with Gasteiger partial charge in [0, 0.05) is 0 Å². The summed E-state index contributed by atoms with van der Waals surface area (Å²) in [4.78, 5) is 0. The van der Waals surface area contributed by atoms with Crippen LogP contribution in [0.4, 0.5) is 0 Å². The van der Waals surface area contributed by atoms with Crippen LogP contribution in [0.1, 0.15) is 38.6 Å². The topological polar surface area (TPSA) is 0 Å². The normalized spacial score (nSPS) is 10.5. The first-order chi connectivity index (χ1) is 7.04. The van der Waals surface area contributed by atoms with Crippen LogP contribution in [0, 0.1) is 5.92 Å². The first-order valence-electron chi connectivity index (χ1n) is 5.23. The quantitative estimate of drug-likeness (QED) is 0.441. The third-order valence-electron chi connectivity index (χ3n) is 1.26. The Labute approximate surface area is 100.0 Å². The van der Waals surface area contributed by atoms with Crippen molar-refractivity contribution in [1.82, 2.24) is 0 Å². The lowest BCUT2D eigenvalue weighted by molar-refractivity contribution is 0.737. The van der Waals surface area contributed by atoms with E-state index in [0.29, 0.717) is 0 Å². The first kappa shape index (κ1) is 16.7. The second-order valence-electron chi connectivity index (χ2n) is 3.76. The molecular formula is C14H23Cl. The molecule has 1 unspecified atom stereocenters. The average molecular weight is 227 g/mol. The van der Waals surface area contributed by atoms with Crippen molar-refractivity contribution in [2.24, 2.45) is 5.92 Å². The lowest BCUT2D eigenvalue weighted by Gasteiger charge is -1.99. The highest BCUT2D eigenvalue weighted by Crippen LogP contribution is 2.17. The van der Waals surface area contributed by atoms with Crippen LogP contribution in [0.5, 0.6) is 0 Å². The Morgan fingerprint density at radius 2 is 1.27 bits per heavy atom. The molecule has 1 heteroatoms. The van der Waals surface area contributed by atoms with Crippen molar-refractivity contribution in [3.8, 4) is 0 Å².